The maximum atomic E-state index is 11.6. The molecule has 1 rings (SSSR count). The van der Waals surface area contributed by atoms with Gasteiger partial charge in [-0.3, -0.25) is 19.7 Å². The van der Waals surface area contributed by atoms with Crippen LogP contribution in [0, 0.1) is 0 Å². The molecule has 1 atom stereocenters. The van der Waals surface area contributed by atoms with Gasteiger partial charge in [0.1, 0.15) is 6.04 Å². The number of hydrogen-bond acceptors (Lipinski definition) is 4. The summed E-state index contributed by atoms with van der Waals surface area (Å²) in [6, 6.07) is -0.415. The van der Waals surface area contributed by atoms with Gasteiger partial charge < -0.3 is 16.0 Å². The lowest BCUT2D eigenvalue weighted by Gasteiger charge is -2.23. The van der Waals surface area contributed by atoms with Gasteiger partial charge in [-0.25, -0.2) is 0 Å². The Bertz CT molecular complexity index is 309. The highest BCUT2D eigenvalue weighted by atomic mass is 16.2. The van der Waals surface area contributed by atoms with Crippen LogP contribution >= 0.6 is 0 Å². The zero-order valence-electron chi connectivity index (χ0n) is 10.5. The van der Waals surface area contributed by atoms with Crippen molar-refractivity contribution in [3.8, 4) is 0 Å². The van der Waals surface area contributed by atoms with Crippen molar-refractivity contribution >= 4 is 17.7 Å². The first-order valence-corrected chi connectivity index (χ1v) is 6.18. The molecule has 3 amide bonds. The molecule has 0 spiro atoms. The summed E-state index contributed by atoms with van der Waals surface area (Å²) in [5.74, 6) is -0.377. The lowest BCUT2D eigenvalue weighted by Crippen LogP contribution is -2.58. The van der Waals surface area contributed by atoms with Gasteiger partial charge in [0.2, 0.25) is 17.7 Å². The highest BCUT2D eigenvalue weighted by molar-refractivity contribution is 5.87. The molecule has 1 saturated heterocycles. The largest absolute Gasteiger partial charge is 0.356 e. The Morgan fingerprint density at radius 1 is 1.33 bits per heavy atom. The minimum atomic E-state index is -0.415. The molecule has 7 nitrogen and oxygen atoms in total. The lowest BCUT2D eigenvalue weighted by atomic mass is 10.2. The predicted molar refractivity (Wildman–Crippen MR) is 65.7 cm³/mol. The third-order valence-corrected chi connectivity index (χ3v) is 2.55. The van der Waals surface area contributed by atoms with Gasteiger partial charge in [-0.05, 0) is 6.42 Å². The molecule has 4 N–H and O–H groups in total. The van der Waals surface area contributed by atoms with E-state index in [1.54, 1.807) is 0 Å². The summed E-state index contributed by atoms with van der Waals surface area (Å²) in [5, 5.41) is 10.8. The molecular formula is C11H20N4O3. The van der Waals surface area contributed by atoms with E-state index in [2.05, 4.69) is 21.3 Å². The van der Waals surface area contributed by atoms with E-state index >= 15 is 0 Å². The number of carbonyl (C=O) groups is 3. The first-order valence-electron chi connectivity index (χ1n) is 6.18. The van der Waals surface area contributed by atoms with Crippen LogP contribution in [-0.4, -0.2) is 49.9 Å². The van der Waals surface area contributed by atoms with E-state index in [-0.39, 0.29) is 37.2 Å². The molecular weight excluding hydrogens is 236 g/mol. The van der Waals surface area contributed by atoms with Crippen LogP contribution in [0.3, 0.4) is 0 Å². The molecule has 1 unspecified atom stereocenters. The maximum absolute atomic E-state index is 11.6. The fourth-order valence-corrected chi connectivity index (χ4v) is 1.53. The molecule has 0 radical (unpaired) electrons. The second-order valence-electron chi connectivity index (χ2n) is 4.13. The number of rotatable bonds is 6. The van der Waals surface area contributed by atoms with E-state index in [1.165, 1.54) is 0 Å². The fourth-order valence-electron chi connectivity index (χ4n) is 1.53. The van der Waals surface area contributed by atoms with E-state index in [0.29, 0.717) is 13.1 Å². The summed E-state index contributed by atoms with van der Waals surface area (Å²) >= 11 is 0. The summed E-state index contributed by atoms with van der Waals surface area (Å²) in [5.41, 5.74) is 0. The third kappa shape index (κ3) is 5.13. The van der Waals surface area contributed by atoms with Crippen LogP contribution in [0.4, 0.5) is 0 Å². The van der Waals surface area contributed by atoms with Crippen LogP contribution < -0.4 is 21.3 Å². The Morgan fingerprint density at radius 3 is 2.72 bits per heavy atom. The van der Waals surface area contributed by atoms with Crippen LogP contribution in [0.15, 0.2) is 0 Å². The Morgan fingerprint density at radius 2 is 2.11 bits per heavy atom. The molecule has 0 saturated carbocycles. The summed E-state index contributed by atoms with van der Waals surface area (Å²) < 4.78 is 0. The SMILES string of the molecule is CCCNC(=O)CCNC(=O)C1CNC(=O)CN1. The normalized spacial score (nSPS) is 18.9. The maximum Gasteiger partial charge on any atom is 0.238 e. The standard InChI is InChI=1S/C11H20N4O3/c1-2-4-12-9(16)3-5-13-11(18)8-6-15-10(17)7-14-8/h8,14H,2-7H2,1H3,(H,12,16)(H,13,18)(H,15,17). The van der Waals surface area contributed by atoms with Crippen LogP contribution in [0.5, 0.6) is 0 Å². The third-order valence-electron chi connectivity index (χ3n) is 2.55. The topological polar surface area (TPSA) is 99.3 Å². The van der Waals surface area contributed by atoms with Crippen molar-refractivity contribution in [1.29, 1.82) is 0 Å². The Labute approximate surface area is 106 Å². The summed E-state index contributed by atoms with van der Waals surface area (Å²) in [6.07, 6.45) is 1.16. The number of nitrogens with one attached hydrogen (secondary N) is 4. The van der Waals surface area contributed by atoms with Gasteiger partial charge in [0.05, 0.1) is 6.54 Å². The van der Waals surface area contributed by atoms with Gasteiger partial charge >= 0.3 is 0 Å². The molecule has 1 aliphatic heterocycles. The van der Waals surface area contributed by atoms with Crippen molar-refractivity contribution in [2.45, 2.75) is 25.8 Å². The molecule has 1 heterocycles. The van der Waals surface area contributed by atoms with Gasteiger partial charge in [-0.2, -0.15) is 0 Å². The average molecular weight is 256 g/mol. The lowest BCUT2D eigenvalue weighted by molar-refractivity contribution is -0.126. The van der Waals surface area contributed by atoms with Crippen molar-refractivity contribution in [1.82, 2.24) is 21.3 Å². The summed E-state index contributed by atoms with van der Waals surface area (Å²) in [6.45, 7) is 3.37. The minimum Gasteiger partial charge on any atom is -0.356 e. The van der Waals surface area contributed by atoms with Gasteiger partial charge in [0.25, 0.3) is 0 Å². The van der Waals surface area contributed by atoms with Gasteiger partial charge in [0.15, 0.2) is 0 Å². The Hall–Kier alpha value is -1.63. The van der Waals surface area contributed by atoms with Crippen molar-refractivity contribution < 1.29 is 14.4 Å². The van der Waals surface area contributed by atoms with Gasteiger partial charge in [-0.15, -0.1) is 0 Å². The van der Waals surface area contributed by atoms with Crippen molar-refractivity contribution in [3.05, 3.63) is 0 Å². The minimum absolute atomic E-state index is 0.0675. The molecule has 1 aliphatic rings. The Balaban J connectivity index is 2.13. The molecule has 0 aromatic carbocycles. The van der Waals surface area contributed by atoms with E-state index < -0.39 is 6.04 Å². The predicted octanol–water partition coefficient (Wildman–Crippen LogP) is -1.89. The first kappa shape index (κ1) is 14.4. The monoisotopic (exact) mass is 256 g/mol. The van der Waals surface area contributed by atoms with Crippen molar-refractivity contribution in [2.75, 3.05) is 26.2 Å². The zero-order chi connectivity index (χ0) is 13.4. The molecule has 1 fully saturated rings. The quantitative estimate of drug-likeness (QED) is 0.446. The molecule has 18 heavy (non-hydrogen) atoms. The second kappa shape index (κ2) is 7.65. The van der Waals surface area contributed by atoms with Crippen molar-refractivity contribution in [3.63, 3.8) is 0 Å². The number of piperazine rings is 1. The zero-order valence-corrected chi connectivity index (χ0v) is 10.5. The molecule has 0 aliphatic carbocycles. The van der Waals surface area contributed by atoms with E-state index in [1.807, 2.05) is 6.92 Å². The summed E-state index contributed by atoms with van der Waals surface area (Å²) in [7, 11) is 0. The molecule has 0 aromatic rings. The van der Waals surface area contributed by atoms with Crippen LogP contribution in [0.2, 0.25) is 0 Å². The van der Waals surface area contributed by atoms with Crippen LogP contribution in [0.25, 0.3) is 0 Å². The molecule has 102 valence electrons. The fraction of sp³-hybridized carbons (Fsp3) is 0.727. The molecule has 0 bridgehead atoms. The number of hydrogen-bond donors (Lipinski definition) is 4. The van der Waals surface area contributed by atoms with Crippen molar-refractivity contribution in [2.24, 2.45) is 0 Å². The average Bonchev–Trinajstić information content (AvgIpc) is 2.37. The van der Waals surface area contributed by atoms with Gasteiger partial charge in [-0.1, -0.05) is 6.92 Å². The highest BCUT2D eigenvalue weighted by Gasteiger charge is 2.23. The van der Waals surface area contributed by atoms with Crippen LogP contribution in [-0.2, 0) is 14.4 Å². The first-order chi connectivity index (χ1) is 8.63. The summed E-state index contributed by atoms with van der Waals surface area (Å²) in [4.78, 5) is 33.8. The number of amides is 3. The number of carbonyl (C=O) groups excluding carboxylic acids is 3. The highest BCUT2D eigenvalue weighted by Crippen LogP contribution is 1.89. The molecule has 0 aromatic heterocycles. The smallest absolute Gasteiger partial charge is 0.238 e. The van der Waals surface area contributed by atoms with Crippen LogP contribution in [0.1, 0.15) is 19.8 Å². The molecule has 7 heteroatoms. The van der Waals surface area contributed by atoms with Gasteiger partial charge in [0, 0.05) is 26.1 Å². The second-order valence-corrected chi connectivity index (χ2v) is 4.13. The Kier molecular flexibility index (Phi) is 6.13. The van der Waals surface area contributed by atoms with E-state index in [4.69, 9.17) is 0 Å². The van der Waals surface area contributed by atoms with E-state index in [9.17, 15) is 14.4 Å². The van der Waals surface area contributed by atoms with E-state index in [0.717, 1.165) is 6.42 Å².